The standard InChI is InChI=1S/C14H14ClNO2S/c1-2-16(10-12-8-9-13(15)19-12)14(17)18-11-6-4-3-5-7-11/h3-9H,2,10H2,1H3. The molecule has 0 saturated carbocycles. The zero-order chi connectivity index (χ0) is 13.7. The molecule has 3 nitrogen and oxygen atoms in total. The predicted molar refractivity (Wildman–Crippen MR) is 77.9 cm³/mol. The number of hydrogen-bond donors (Lipinski definition) is 0. The fraction of sp³-hybridized carbons (Fsp3) is 0.214. The van der Waals surface area contributed by atoms with Crippen molar-refractivity contribution in [3.63, 3.8) is 0 Å². The molecule has 100 valence electrons. The van der Waals surface area contributed by atoms with E-state index in [4.69, 9.17) is 16.3 Å². The van der Waals surface area contributed by atoms with Crippen LogP contribution in [0.4, 0.5) is 4.79 Å². The molecule has 0 fully saturated rings. The van der Waals surface area contributed by atoms with Crippen molar-refractivity contribution >= 4 is 29.0 Å². The normalized spacial score (nSPS) is 10.2. The number of hydrogen-bond acceptors (Lipinski definition) is 3. The first-order valence-electron chi connectivity index (χ1n) is 5.95. The molecule has 0 spiro atoms. The van der Waals surface area contributed by atoms with Gasteiger partial charge in [0, 0.05) is 11.4 Å². The lowest BCUT2D eigenvalue weighted by atomic mass is 10.3. The Labute approximate surface area is 121 Å². The minimum absolute atomic E-state index is 0.349. The summed E-state index contributed by atoms with van der Waals surface area (Å²) in [6.07, 6.45) is -0.349. The summed E-state index contributed by atoms with van der Waals surface area (Å²) in [5, 5.41) is 0. The molecule has 2 rings (SSSR count). The van der Waals surface area contributed by atoms with Gasteiger partial charge in [-0.05, 0) is 31.2 Å². The summed E-state index contributed by atoms with van der Waals surface area (Å²) >= 11 is 7.35. The number of para-hydroxylation sites is 1. The van der Waals surface area contributed by atoms with E-state index in [0.717, 1.165) is 9.21 Å². The number of ether oxygens (including phenoxy) is 1. The van der Waals surface area contributed by atoms with Crippen molar-refractivity contribution in [2.75, 3.05) is 6.54 Å². The number of thiophene rings is 1. The molecule has 0 atom stereocenters. The minimum Gasteiger partial charge on any atom is -0.410 e. The lowest BCUT2D eigenvalue weighted by Gasteiger charge is -2.19. The zero-order valence-electron chi connectivity index (χ0n) is 10.5. The average molecular weight is 296 g/mol. The summed E-state index contributed by atoms with van der Waals surface area (Å²) in [6, 6.07) is 12.8. The molecule has 1 amide bonds. The van der Waals surface area contributed by atoms with Crippen LogP contribution < -0.4 is 4.74 Å². The Hall–Kier alpha value is -1.52. The topological polar surface area (TPSA) is 29.5 Å². The van der Waals surface area contributed by atoms with Crippen molar-refractivity contribution < 1.29 is 9.53 Å². The molecular weight excluding hydrogens is 282 g/mol. The summed E-state index contributed by atoms with van der Waals surface area (Å²) in [5.41, 5.74) is 0. The lowest BCUT2D eigenvalue weighted by Crippen LogP contribution is -2.32. The summed E-state index contributed by atoms with van der Waals surface area (Å²) in [4.78, 5) is 14.7. The van der Waals surface area contributed by atoms with Gasteiger partial charge in [0.1, 0.15) is 5.75 Å². The van der Waals surface area contributed by atoms with E-state index in [1.807, 2.05) is 37.3 Å². The van der Waals surface area contributed by atoms with Crippen LogP contribution in [-0.4, -0.2) is 17.5 Å². The van der Waals surface area contributed by atoms with Crippen LogP contribution in [0, 0.1) is 0 Å². The van der Waals surface area contributed by atoms with Gasteiger partial charge in [0.2, 0.25) is 0 Å². The molecular formula is C14H14ClNO2S. The lowest BCUT2D eigenvalue weighted by molar-refractivity contribution is 0.152. The minimum atomic E-state index is -0.349. The maximum Gasteiger partial charge on any atom is 0.415 e. The van der Waals surface area contributed by atoms with Crippen molar-refractivity contribution in [3.05, 3.63) is 51.7 Å². The molecule has 1 aromatic carbocycles. The molecule has 2 aromatic rings. The van der Waals surface area contributed by atoms with Gasteiger partial charge in [-0.15, -0.1) is 11.3 Å². The van der Waals surface area contributed by atoms with E-state index < -0.39 is 0 Å². The maximum atomic E-state index is 12.0. The maximum absolute atomic E-state index is 12.0. The molecule has 0 bridgehead atoms. The first-order chi connectivity index (χ1) is 9.19. The highest BCUT2D eigenvalue weighted by molar-refractivity contribution is 7.16. The first kappa shape index (κ1) is 13.9. The van der Waals surface area contributed by atoms with Gasteiger partial charge in [0.25, 0.3) is 0 Å². The number of amides is 1. The fourth-order valence-electron chi connectivity index (χ4n) is 1.58. The van der Waals surface area contributed by atoms with Gasteiger partial charge < -0.3 is 9.64 Å². The monoisotopic (exact) mass is 295 g/mol. The van der Waals surface area contributed by atoms with E-state index in [0.29, 0.717) is 18.8 Å². The van der Waals surface area contributed by atoms with Crippen LogP contribution in [0.2, 0.25) is 4.34 Å². The molecule has 5 heteroatoms. The molecule has 1 aromatic heterocycles. The van der Waals surface area contributed by atoms with Gasteiger partial charge in [0.05, 0.1) is 10.9 Å². The molecule has 0 saturated heterocycles. The molecule has 0 aliphatic rings. The van der Waals surface area contributed by atoms with Gasteiger partial charge >= 0.3 is 6.09 Å². The Morgan fingerprint density at radius 2 is 2.00 bits per heavy atom. The molecule has 0 aliphatic heterocycles. The Balaban J connectivity index is 1.99. The van der Waals surface area contributed by atoms with Crippen molar-refractivity contribution in [2.45, 2.75) is 13.5 Å². The van der Waals surface area contributed by atoms with E-state index in [-0.39, 0.29) is 6.09 Å². The van der Waals surface area contributed by atoms with Gasteiger partial charge in [-0.3, -0.25) is 0 Å². The zero-order valence-corrected chi connectivity index (χ0v) is 12.1. The number of benzene rings is 1. The molecule has 0 N–H and O–H groups in total. The summed E-state index contributed by atoms with van der Waals surface area (Å²) < 4.78 is 6.03. The highest BCUT2D eigenvalue weighted by atomic mass is 35.5. The molecule has 19 heavy (non-hydrogen) atoms. The van der Waals surface area contributed by atoms with Crippen LogP contribution in [0.3, 0.4) is 0 Å². The quantitative estimate of drug-likeness (QED) is 0.835. The van der Waals surface area contributed by atoms with E-state index in [1.165, 1.54) is 11.3 Å². The SMILES string of the molecule is CCN(Cc1ccc(Cl)s1)C(=O)Oc1ccccc1. The number of carbonyl (C=O) groups excluding carboxylic acids is 1. The summed E-state index contributed by atoms with van der Waals surface area (Å²) in [7, 11) is 0. The van der Waals surface area contributed by atoms with Crippen molar-refractivity contribution in [1.82, 2.24) is 4.90 Å². The van der Waals surface area contributed by atoms with E-state index in [2.05, 4.69) is 0 Å². The summed E-state index contributed by atoms with van der Waals surface area (Å²) in [5.74, 6) is 0.551. The second-order valence-electron chi connectivity index (χ2n) is 3.90. The fourth-order valence-corrected chi connectivity index (χ4v) is 2.69. The van der Waals surface area contributed by atoms with E-state index >= 15 is 0 Å². The Bertz CT molecular complexity index is 541. The van der Waals surface area contributed by atoms with E-state index in [9.17, 15) is 4.79 Å². The van der Waals surface area contributed by atoms with Crippen LogP contribution in [0.5, 0.6) is 5.75 Å². The van der Waals surface area contributed by atoms with E-state index in [1.54, 1.807) is 17.0 Å². The highest BCUT2D eigenvalue weighted by Gasteiger charge is 2.15. The van der Waals surface area contributed by atoms with Crippen LogP contribution >= 0.6 is 22.9 Å². The van der Waals surface area contributed by atoms with Gasteiger partial charge in [-0.1, -0.05) is 29.8 Å². The number of halogens is 1. The number of rotatable bonds is 4. The third-order valence-corrected chi connectivity index (χ3v) is 3.78. The van der Waals surface area contributed by atoms with Gasteiger partial charge in [-0.2, -0.15) is 0 Å². The third kappa shape index (κ3) is 3.98. The van der Waals surface area contributed by atoms with Crippen LogP contribution in [0.15, 0.2) is 42.5 Å². The van der Waals surface area contributed by atoms with Crippen molar-refractivity contribution in [3.8, 4) is 5.75 Å². The van der Waals surface area contributed by atoms with Crippen LogP contribution in [0.1, 0.15) is 11.8 Å². The van der Waals surface area contributed by atoms with Crippen LogP contribution in [-0.2, 0) is 6.54 Å². The molecule has 1 heterocycles. The number of nitrogens with zero attached hydrogens (tertiary/aromatic N) is 1. The highest BCUT2D eigenvalue weighted by Crippen LogP contribution is 2.23. The smallest absolute Gasteiger partial charge is 0.410 e. The van der Waals surface area contributed by atoms with Gasteiger partial charge in [0.15, 0.2) is 0 Å². The Morgan fingerprint density at radius 1 is 1.26 bits per heavy atom. The average Bonchev–Trinajstić information content (AvgIpc) is 2.82. The second-order valence-corrected chi connectivity index (χ2v) is 5.70. The first-order valence-corrected chi connectivity index (χ1v) is 7.14. The Morgan fingerprint density at radius 3 is 2.58 bits per heavy atom. The largest absolute Gasteiger partial charge is 0.415 e. The molecule has 0 radical (unpaired) electrons. The predicted octanol–water partition coefficient (Wildman–Crippen LogP) is 4.42. The van der Waals surface area contributed by atoms with Crippen molar-refractivity contribution in [2.24, 2.45) is 0 Å². The van der Waals surface area contributed by atoms with Gasteiger partial charge in [-0.25, -0.2) is 4.79 Å². The number of carbonyl (C=O) groups is 1. The second kappa shape index (κ2) is 6.59. The van der Waals surface area contributed by atoms with Crippen molar-refractivity contribution in [1.29, 1.82) is 0 Å². The molecule has 0 unspecified atom stereocenters. The molecule has 0 aliphatic carbocycles. The third-order valence-electron chi connectivity index (χ3n) is 2.56. The Kier molecular flexibility index (Phi) is 4.82. The van der Waals surface area contributed by atoms with Crippen LogP contribution in [0.25, 0.3) is 0 Å². The summed E-state index contributed by atoms with van der Waals surface area (Å²) in [6.45, 7) is 3.02.